The molecule has 0 amide bonds. The number of hydrogen-bond acceptors (Lipinski definition) is 5. The average molecular weight is 379 g/mol. The van der Waals surface area contributed by atoms with E-state index >= 15 is 0 Å². The molecule has 0 spiro atoms. The molecule has 0 saturated carbocycles. The number of alkyl halides is 3. The molecule has 0 radical (unpaired) electrons. The highest BCUT2D eigenvalue weighted by Crippen LogP contribution is 2.33. The Bertz CT molecular complexity index is 977. The normalized spacial score (nSPS) is 11.3. The Balaban J connectivity index is 1.93. The van der Waals surface area contributed by atoms with Gasteiger partial charge in [-0.05, 0) is 30.3 Å². The van der Waals surface area contributed by atoms with Crippen LogP contribution in [0, 0.1) is 5.82 Å². The minimum Gasteiger partial charge on any atom is -0.480 e. The third-order valence-corrected chi connectivity index (χ3v) is 3.55. The van der Waals surface area contributed by atoms with Gasteiger partial charge in [-0.1, -0.05) is 6.07 Å². The summed E-state index contributed by atoms with van der Waals surface area (Å²) in [5, 5.41) is 0. The summed E-state index contributed by atoms with van der Waals surface area (Å²) in [5.74, 6) is -0.657. The van der Waals surface area contributed by atoms with Gasteiger partial charge in [0.25, 0.3) is 0 Å². The molecule has 0 aliphatic heterocycles. The average Bonchev–Trinajstić information content (AvgIpc) is 2.63. The lowest BCUT2D eigenvalue weighted by Gasteiger charge is -2.11. The molecule has 3 aromatic rings. The van der Waals surface area contributed by atoms with Gasteiger partial charge >= 0.3 is 6.18 Å². The number of ether oxygens (including phenoxy) is 2. The van der Waals surface area contributed by atoms with Crippen molar-refractivity contribution in [2.75, 3.05) is 12.8 Å². The van der Waals surface area contributed by atoms with Crippen molar-refractivity contribution in [1.82, 2.24) is 9.97 Å². The van der Waals surface area contributed by atoms with Crippen LogP contribution in [0.3, 0.4) is 0 Å². The molecule has 0 aliphatic carbocycles. The highest BCUT2D eigenvalue weighted by atomic mass is 19.4. The van der Waals surface area contributed by atoms with Crippen LogP contribution in [-0.2, 0) is 6.18 Å². The minimum atomic E-state index is -4.51. The first-order valence-corrected chi connectivity index (χ1v) is 7.59. The first-order chi connectivity index (χ1) is 12.8. The van der Waals surface area contributed by atoms with Crippen LogP contribution in [0.25, 0.3) is 11.3 Å². The zero-order valence-corrected chi connectivity index (χ0v) is 13.9. The Hall–Kier alpha value is -3.36. The highest BCUT2D eigenvalue weighted by molar-refractivity contribution is 5.66. The van der Waals surface area contributed by atoms with Gasteiger partial charge in [0, 0.05) is 17.8 Å². The molecule has 2 N–H and O–H groups in total. The Morgan fingerprint density at radius 3 is 2.52 bits per heavy atom. The fourth-order valence-corrected chi connectivity index (χ4v) is 2.31. The van der Waals surface area contributed by atoms with Crippen molar-refractivity contribution in [2.24, 2.45) is 0 Å². The van der Waals surface area contributed by atoms with Crippen molar-refractivity contribution in [3.63, 3.8) is 0 Å². The molecule has 3 rings (SSSR count). The van der Waals surface area contributed by atoms with Crippen molar-refractivity contribution in [3.8, 4) is 28.8 Å². The van der Waals surface area contributed by atoms with Gasteiger partial charge in [-0.25, -0.2) is 14.4 Å². The van der Waals surface area contributed by atoms with E-state index in [9.17, 15) is 17.6 Å². The molecule has 0 saturated heterocycles. The number of methoxy groups -OCH3 is 1. The van der Waals surface area contributed by atoms with Gasteiger partial charge in [-0.2, -0.15) is 13.2 Å². The zero-order valence-electron chi connectivity index (χ0n) is 13.9. The first-order valence-electron chi connectivity index (χ1n) is 7.59. The van der Waals surface area contributed by atoms with Gasteiger partial charge in [0.05, 0.1) is 18.4 Å². The molecule has 0 bridgehead atoms. The van der Waals surface area contributed by atoms with E-state index in [-0.39, 0.29) is 34.5 Å². The molecule has 27 heavy (non-hydrogen) atoms. The number of nitrogens with zero attached hydrogens (tertiary/aromatic N) is 2. The van der Waals surface area contributed by atoms with Crippen molar-refractivity contribution in [1.29, 1.82) is 0 Å². The monoisotopic (exact) mass is 379 g/mol. The maximum atomic E-state index is 14.2. The number of pyridine rings is 2. The molecule has 1 aromatic carbocycles. The number of hydrogen-bond donors (Lipinski definition) is 1. The van der Waals surface area contributed by atoms with Crippen molar-refractivity contribution < 1.29 is 27.0 Å². The molecule has 0 atom stereocenters. The molecule has 0 aliphatic rings. The summed E-state index contributed by atoms with van der Waals surface area (Å²) in [7, 11) is 1.39. The van der Waals surface area contributed by atoms with Crippen molar-refractivity contribution in [2.45, 2.75) is 6.18 Å². The molecule has 5 nitrogen and oxygen atoms in total. The van der Waals surface area contributed by atoms with Gasteiger partial charge in [-0.15, -0.1) is 0 Å². The quantitative estimate of drug-likeness (QED) is 0.667. The summed E-state index contributed by atoms with van der Waals surface area (Å²) in [4.78, 5) is 7.96. The number of nitrogen functional groups attached to an aromatic ring is 1. The van der Waals surface area contributed by atoms with Crippen molar-refractivity contribution in [3.05, 3.63) is 60.0 Å². The van der Waals surface area contributed by atoms with E-state index in [2.05, 4.69) is 9.97 Å². The van der Waals surface area contributed by atoms with Crippen LogP contribution in [-0.4, -0.2) is 17.1 Å². The zero-order chi connectivity index (χ0) is 19.6. The number of halogens is 4. The fourth-order valence-electron chi connectivity index (χ4n) is 2.31. The van der Waals surface area contributed by atoms with E-state index in [1.165, 1.54) is 37.6 Å². The van der Waals surface area contributed by atoms with Crippen LogP contribution in [0.2, 0.25) is 0 Å². The second-order valence-electron chi connectivity index (χ2n) is 5.43. The number of nitrogens with two attached hydrogens (primary N) is 1. The SMILES string of the molecule is COc1ncc(-c2nc(Oc3cccc(C(F)(F)F)c3)ccc2F)cc1N. The largest absolute Gasteiger partial charge is 0.480 e. The number of aromatic nitrogens is 2. The van der Waals surface area contributed by atoms with Crippen LogP contribution < -0.4 is 15.2 Å². The summed E-state index contributed by atoms with van der Waals surface area (Å²) >= 11 is 0. The highest BCUT2D eigenvalue weighted by Gasteiger charge is 2.30. The van der Waals surface area contributed by atoms with Crippen LogP contribution in [0.15, 0.2) is 48.7 Å². The molecule has 9 heteroatoms. The Labute approximate surface area is 151 Å². The fraction of sp³-hybridized carbons (Fsp3) is 0.111. The summed E-state index contributed by atoms with van der Waals surface area (Å²) in [6.07, 6.45) is -3.19. The smallest absolute Gasteiger partial charge is 0.416 e. The predicted molar refractivity (Wildman–Crippen MR) is 89.9 cm³/mol. The second kappa shape index (κ2) is 7.10. The molecule has 0 fully saturated rings. The molecule has 2 heterocycles. The summed E-state index contributed by atoms with van der Waals surface area (Å²) < 4.78 is 62.8. The second-order valence-corrected chi connectivity index (χ2v) is 5.43. The van der Waals surface area contributed by atoms with E-state index in [1.54, 1.807) is 0 Å². The van der Waals surface area contributed by atoms with Gasteiger partial charge in [-0.3, -0.25) is 0 Å². The van der Waals surface area contributed by atoms with Crippen molar-refractivity contribution >= 4 is 5.69 Å². The minimum absolute atomic E-state index is 0.0812. The maximum Gasteiger partial charge on any atom is 0.416 e. The summed E-state index contributed by atoms with van der Waals surface area (Å²) in [6.45, 7) is 0. The van der Waals surface area contributed by atoms with Crippen LogP contribution in [0.1, 0.15) is 5.56 Å². The van der Waals surface area contributed by atoms with Gasteiger partial charge in [0.2, 0.25) is 11.8 Å². The van der Waals surface area contributed by atoms with Crippen LogP contribution >= 0.6 is 0 Å². The molecule has 2 aromatic heterocycles. The lowest BCUT2D eigenvalue weighted by molar-refractivity contribution is -0.137. The molecule has 0 unspecified atom stereocenters. The van der Waals surface area contributed by atoms with Gasteiger partial charge in [0.15, 0.2) is 0 Å². The third-order valence-electron chi connectivity index (χ3n) is 3.55. The van der Waals surface area contributed by atoms with Gasteiger partial charge in [0.1, 0.15) is 17.3 Å². The van der Waals surface area contributed by atoms with Gasteiger partial charge < -0.3 is 15.2 Å². The number of benzene rings is 1. The topological polar surface area (TPSA) is 70.3 Å². The molecular formula is C18H13F4N3O2. The lowest BCUT2D eigenvalue weighted by atomic mass is 10.1. The maximum absolute atomic E-state index is 14.2. The van der Waals surface area contributed by atoms with E-state index in [0.29, 0.717) is 0 Å². The molecular weight excluding hydrogens is 366 g/mol. The van der Waals surface area contributed by atoms with Crippen LogP contribution in [0.4, 0.5) is 23.2 Å². The van der Waals surface area contributed by atoms with E-state index in [4.69, 9.17) is 15.2 Å². The Kier molecular flexibility index (Phi) is 4.85. The first kappa shape index (κ1) is 18.4. The van der Waals surface area contributed by atoms with E-state index < -0.39 is 17.6 Å². The van der Waals surface area contributed by atoms with E-state index in [1.807, 2.05) is 0 Å². The summed E-state index contributed by atoms with van der Waals surface area (Å²) in [5.41, 5.74) is 5.23. The predicted octanol–water partition coefficient (Wildman–Crippen LogP) is 4.68. The van der Waals surface area contributed by atoms with E-state index in [0.717, 1.165) is 18.2 Å². The Morgan fingerprint density at radius 1 is 1.07 bits per heavy atom. The standard InChI is InChI=1S/C18H13F4N3O2/c1-26-17-14(23)7-10(9-24-17)16-13(19)5-6-15(25-16)27-12-4-2-3-11(8-12)18(20,21)22/h2-9H,23H2,1H3. The number of anilines is 1. The summed E-state index contributed by atoms with van der Waals surface area (Å²) in [6, 6.07) is 8.01. The lowest BCUT2D eigenvalue weighted by Crippen LogP contribution is -2.04. The van der Waals surface area contributed by atoms with Crippen LogP contribution in [0.5, 0.6) is 17.5 Å². The molecule has 140 valence electrons. The Morgan fingerprint density at radius 2 is 1.85 bits per heavy atom. The number of rotatable bonds is 4. The third kappa shape index (κ3) is 4.08.